The van der Waals surface area contributed by atoms with Crippen molar-refractivity contribution in [1.82, 2.24) is 0 Å². The van der Waals surface area contributed by atoms with Crippen molar-refractivity contribution in [2.45, 2.75) is 39.2 Å². The highest BCUT2D eigenvalue weighted by Crippen LogP contribution is 2.50. The summed E-state index contributed by atoms with van der Waals surface area (Å²) in [6.45, 7) is 8.30. The van der Waals surface area contributed by atoms with E-state index in [4.69, 9.17) is 0 Å². The highest BCUT2D eigenvalue weighted by Gasteiger charge is 2.46. The molecule has 0 aromatic carbocycles. The maximum Gasteiger partial charge on any atom is 0.0636 e. The van der Waals surface area contributed by atoms with E-state index in [9.17, 15) is 5.11 Å². The van der Waals surface area contributed by atoms with E-state index in [2.05, 4.69) is 32.6 Å². The van der Waals surface area contributed by atoms with Gasteiger partial charge in [-0.05, 0) is 38.0 Å². The van der Waals surface area contributed by atoms with E-state index in [0.717, 1.165) is 12.8 Å². The van der Waals surface area contributed by atoms with E-state index in [1.807, 2.05) is 0 Å². The van der Waals surface area contributed by atoms with Crippen molar-refractivity contribution in [2.75, 3.05) is 0 Å². The Bertz CT molecular complexity index is 279. The van der Waals surface area contributed by atoms with Gasteiger partial charge in [-0.3, -0.25) is 0 Å². The first kappa shape index (κ1) is 9.97. The summed E-state index contributed by atoms with van der Waals surface area (Å²) in [6, 6.07) is 0. The Kier molecular flexibility index (Phi) is 2.30. The van der Waals surface area contributed by atoms with E-state index in [-0.39, 0.29) is 11.5 Å². The van der Waals surface area contributed by atoms with Crippen LogP contribution in [0.4, 0.5) is 0 Å². The molecule has 4 unspecified atom stereocenters. The van der Waals surface area contributed by atoms with Crippen LogP contribution in [-0.2, 0) is 0 Å². The molecular weight excluding hydrogens is 172 g/mol. The fourth-order valence-corrected chi connectivity index (χ4v) is 2.98. The molecule has 1 N–H and O–H groups in total. The predicted molar refractivity (Wildman–Crippen MR) is 58.9 cm³/mol. The second-order valence-corrected chi connectivity index (χ2v) is 5.23. The molecule has 4 atom stereocenters. The van der Waals surface area contributed by atoms with Gasteiger partial charge in [0.15, 0.2) is 0 Å². The first-order chi connectivity index (χ1) is 6.54. The van der Waals surface area contributed by atoms with Crippen molar-refractivity contribution < 1.29 is 5.11 Å². The van der Waals surface area contributed by atoms with Gasteiger partial charge in [-0.2, -0.15) is 0 Å². The summed E-state index contributed by atoms with van der Waals surface area (Å²) < 4.78 is 0. The Morgan fingerprint density at radius 1 is 1.50 bits per heavy atom. The van der Waals surface area contributed by atoms with E-state index >= 15 is 0 Å². The smallest absolute Gasteiger partial charge is 0.0636 e. The van der Waals surface area contributed by atoms with Gasteiger partial charge in [0.05, 0.1) is 6.10 Å². The molecule has 2 aliphatic rings. The van der Waals surface area contributed by atoms with Crippen molar-refractivity contribution in [3.63, 3.8) is 0 Å². The third-order valence-corrected chi connectivity index (χ3v) is 4.27. The number of aliphatic hydroxyl groups excluding tert-OH is 1. The quantitative estimate of drug-likeness (QED) is 0.633. The largest absolute Gasteiger partial charge is 0.392 e. The molecule has 1 saturated carbocycles. The fourth-order valence-electron chi connectivity index (χ4n) is 2.98. The van der Waals surface area contributed by atoms with Crippen LogP contribution in [-0.4, -0.2) is 11.2 Å². The van der Waals surface area contributed by atoms with Crippen LogP contribution >= 0.6 is 0 Å². The van der Waals surface area contributed by atoms with Crippen molar-refractivity contribution in [3.05, 3.63) is 24.3 Å². The molecule has 0 amide bonds. The fraction of sp³-hybridized carbons (Fsp3) is 0.692. The van der Waals surface area contributed by atoms with Crippen molar-refractivity contribution >= 4 is 0 Å². The Morgan fingerprint density at radius 2 is 2.21 bits per heavy atom. The van der Waals surface area contributed by atoms with Crippen LogP contribution in [0, 0.1) is 17.3 Å². The number of fused-ring (bicyclic) bond motifs is 1. The average Bonchev–Trinajstić information content (AvgIpc) is 2.48. The summed E-state index contributed by atoms with van der Waals surface area (Å²) in [5, 5.41) is 10.2. The molecule has 2 rings (SSSR count). The molecule has 14 heavy (non-hydrogen) atoms. The van der Waals surface area contributed by atoms with Gasteiger partial charge in [0.1, 0.15) is 0 Å². The summed E-state index contributed by atoms with van der Waals surface area (Å²) in [7, 11) is 0. The molecule has 0 spiro atoms. The topological polar surface area (TPSA) is 20.2 Å². The second kappa shape index (κ2) is 3.23. The Labute approximate surface area is 86.5 Å². The predicted octanol–water partition coefficient (Wildman–Crippen LogP) is 2.92. The molecule has 0 aromatic rings. The number of rotatable bonds is 1. The molecule has 1 heteroatoms. The summed E-state index contributed by atoms with van der Waals surface area (Å²) in [5.74, 6) is 1.16. The van der Waals surface area contributed by atoms with Crippen molar-refractivity contribution in [1.29, 1.82) is 0 Å². The van der Waals surface area contributed by atoms with Gasteiger partial charge in [0.25, 0.3) is 0 Å². The molecular formula is C13H20O. The normalized spacial score (nSPS) is 46.4. The van der Waals surface area contributed by atoms with Crippen LogP contribution in [0.15, 0.2) is 24.3 Å². The lowest BCUT2D eigenvalue weighted by Gasteiger charge is -2.44. The van der Waals surface area contributed by atoms with Crippen LogP contribution in [0.1, 0.15) is 33.1 Å². The molecule has 1 fully saturated rings. The summed E-state index contributed by atoms with van der Waals surface area (Å²) >= 11 is 0. The Balaban J connectivity index is 2.18. The minimum Gasteiger partial charge on any atom is -0.392 e. The molecule has 0 aliphatic heterocycles. The number of hydrogen-bond acceptors (Lipinski definition) is 1. The molecule has 0 aromatic heterocycles. The standard InChI is InChI=1S/C13H20O/c1-9(2)10-7-11-5-4-6-13(11,3)12(14)8-10/h4,6,10-12,14H,1,5,7-8H2,2-3H3. The van der Waals surface area contributed by atoms with Gasteiger partial charge >= 0.3 is 0 Å². The number of allylic oxidation sites excluding steroid dienone is 2. The summed E-state index contributed by atoms with van der Waals surface area (Å²) in [5.41, 5.74) is 1.28. The van der Waals surface area contributed by atoms with Gasteiger partial charge in [-0.1, -0.05) is 31.2 Å². The van der Waals surface area contributed by atoms with Crippen LogP contribution in [0.5, 0.6) is 0 Å². The highest BCUT2D eigenvalue weighted by atomic mass is 16.3. The van der Waals surface area contributed by atoms with E-state index in [0.29, 0.717) is 11.8 Å². The molecule has 1 nitrogen and oxygen atoms in total. The molecule has 0 heterocycles. The van der Waals surface area contributed by atoms with Gasteiger partial charge < -0.3 is 5.11 Å². The zero-order chi connectivity index (χ0) is 10.3. The zero-order valence-electron chi connectivity index (χ0n) is 9.16. The summed E-state index contributed by atoms with van der Waals surface area (Å²) in [6.07, 6.45) is 7.51. The average molecular weight is 192 g/mol. The zero-order valence-corrected chi connectivity index (χ0v) is 9.16. The molecule has 78 valence electrons. The van der Waals surface area contributed by atoms with Crippen LogP contribution in [0.3, 0.4) is 0 Å². The van der Waals surface area contributed by atoms with Crippen molar-refractivity contribution in [3.8, 4) is 0 Å². The maximum absolute atomic E-state index is 10.2. The number of hydrogen-bond donors (Lipinski definition) is 1. The molecule has 2 aliphatic carbocycles. The number of aliphatic hydroxyl groups is 1. The summed E-state index contributed by atoms with van der Waals surface area (Å²) in [4.78, 5) is 0. The Hall–Kier alpha value is -0.560. The van der Waals surface area contributed by atoms with Crippen LogP contribution < -0.4 is 0 Å². The van der Waals surface area contributed by atoms with Gasteiger partial charge in [0, 0.05) is 5.41 Å². The minimum absolute atomic E-state index is 0.0476. The van der Waals surface area contributed by atoms with E-state index < -0.39 is 0 Å². The third-order valence-electron chi connectivity index (χ3n) is 4.27. The van der Waals surface area contributed by atoms with Gasteiger partial charge in [-0.25, -0.2) is 0 Å². The molecule has 0 saturated heterocycles. The lowest BCUT2D eigenvalue weighted by molar-refractivity contribution is -0.0171. The van der Waals surface area contributed by atoms with Gasteiger partial charge in [-0.15, -0.1) is 0 Å². The maximum atomic E-state index is 10.2. The SMILES string of the molecule is C=C(C)C1CC(O)C2(C)C=CCC2C1. The van der Waals surface area contributed by atoms with Crippen LogP contribution in [0.2, 0.25) is 0 Å². The second-order valence-electron chi connectivity index (χ2n) is 5.23. The first-order valence-electron chi connectivity index (χ1n) is 5.55. The third kappa shape index (κ3) is 1.35. The van der Waals surface area contributed by atoms with Crippen molar-refractivity contribution in [2.24, 2.45) is 17.3 Å². The highest BCUT2D eigenvalue weighted by molar-refractivity contribution is 5.17. The van der Waals surface area contributed by atoms with Crippen LogP contribution in [0.25, 0.3) is 0 Å². The Morgan fingerprint density at radius 3 is 2.86 bits per heavy atom. The van der Waals surface area contributed by atoms with E-state index in [1.165, 1.54) is 12.0 Å². The lowest BCUT2D eigenvalue weighted by Crippen LogP contribution is -2.42. The minimum atomic E-state index is -0.179. The van der Waals surface area contributed by atoms with Gasteiger partial charge in [0.2, 0.25) is 0 Å². The molecule has 0 radical (unpaired) electrons. The lowest BCUT2D eigenvalue weighted by atomic mass is 9.63. The first-order valence-corrected chi connectivity index (χ1v) is 5.55. The monoisotopic (exact) mass is 192 g/mol. The van der Waals surface area contributed by atoms with E-state index in [1.54, 1.807) is 0 Å². The molecule has 0 bridgehead atoms.